The van der Waals surface area contributed by atoms with Gasteiger partial charge in [-0.15, -0.1) is 13.2 Å². The van der Waals surface area contributed by atoms with E-state index in [0.717, 1.165) is 25.7 Å². The molecule has 3 aliphatic carbocycles. The maximum absolute atomic E-state index is 14.8. The SMILES string of the molecule is CCCC1CCC(C(F)(F)OC2CCC(C#CC3CCC(C(F)(F)Oc4cc(F)c(OC(F)(F)F)c(F)c4)CC3)CC2)CC1. The molecule has 0 heterocycles. The lowest BCUT2D eigenvalue weighted by Gasteiger charge is -2.36. The van der Waals surface area contributed by atoms with E-state index < -0.39 is 59.7 Å². The summed E-state index contributed by atoms with van der Waals surface area (Å²) in [4.78, 5) is 0. The summed E-state index contributed by atoms with van der Waals surface area (Å²) in [7, 11) is 0. The van der Waals surface area contributed by atoms with Gasteiger partial charge in [0.15, 0.2) is 11.6 Å². The van der Waals surface area contributed by atoms with E-state index in [1.165, 1.54) is 0 Å². The van der Waals surface area contributed by atoms with Crippen molar-refractivity contribution in [1.82, 2.24) is 0 Å². The lowest BCUT2D eigenvalue weighted by atomic mass is 9.79. The minimum absolute atomic E-state index is 0.0165. The van der Waals surface area contributed by atoms with Crippen LogP contribution in [-0.2, 0) is 4.74 Å². The smallest absolute Gasteiger partial charge is 0.432 e. The van der Waals surface area contributed by atoms with Crippen molar-refractivity contribution < 1.29 is 53.7 Å². The number of hydrogen-bond donors (Lipinski definition) is 0. The van der Waals surface area contributed by atoms with Gasteiger partial charge in [-0.1, -0.05) is 31.6 Å². The monoisotopic (exact) mass is 642 g/mol. The molecule has 0 aromatic heterocycles. The van der Waals surface area contributed by atoms with Gasteiger partial charge in [0.25, 0.3) is 0 Å². The van der Waals surface area contributed by atoms with Crippen LogP contribution in [0, 0.1) is 53.1 Å². The Morgan fingerprint density at radius 2 is 1.14 bits per heavy atom. The quantitative estimate of drug-likeness (QED) is 0.198. The van der Waals surface area contributed by atoms with E-state index in [0.29, 0.717) is 57.3 Å². The summed E-state index contributed by atoms with van der Waals surface area (Å²) in [6, 6.07) is 0.434. The number of hydrogen-bond acceptors (Lipinski definition) is 3. The molecular weight excluding hydrogens is 603 g/mol. The first-order chi connectivity index (χ1) is 20.6. The van der Waals surface area contributed by atoms with Gasteiger partial charge in [0.1, 0.15) is 5.75 Å². The Bertz CT molecular complexity index is 1110. The summed E-state index contributed by atoms with van der Waals surface area (Å²) in [6.45, 7) is 2.11. The van der Waals surface area contributed by atoms with Crippen LogP contribution in [0.4, 0.5) is 39.5 Å². The number of benzene rings is 1. The Morgan fingerprint density at radius 1 is 0.659 bits per heavy atom. The molecule has 0 unspecified atom stereocenters. The van der Waals surface area contributed by atoms with Crippen molar-refractivity contribution in [1.29, 1.82) is 0 Å². The first-order valence-corrected chi connectivity index (χ1v) is 15.5. The molecule has 3 aliphatic rings. The van der Waals surface area contributed by atoms with E-state index in [2.05, 4.69) is 28.2 Å². The van der Waals surface area contributed by atoms with Crippen molar-refractivity contribution >= 4 is 0 Å². The fraction of sp³-hybridized carbons (Fsp3) is 0.750. The highest BCUT2D eigenvalue weighted by Gasteiger charge is 2.46. The van der Waals surface area contributed by atoms with Crippen LogP contribution in [0.2, 0.25) is 0 Å². The molecule has 0 atom stereocenters. The Balaban J connectivity index is 1.20. The number of ether oxygens (including phenoxy) is 3. The summed E-state index contributed by atoms with van der Waals surface area (Å²) < 4.78 is 137. The molecule has 1 aromatic rings. The zero-order valence-corrected chi connectivity index (χ0v) is 24.6. The average molecular weight is 643 g/mol. The standard InChI is InChI=1S/C32H39F9O3/c1-2-3-20-6-12-23(13-7-20)30(35,36)42-25-16-10-22(11-17-25)5-4-21-8-14-24(15-9-21)31(37,38)43-26-18-27(33)29(28(34)19-26)44-32(39,40)41/h18-25H,2-3,6-17H2,1H3. The second kappa shape index (κ2) is 14.4. The molecule has 1 aromatic carbocycles. The highest BCUT2D eigenvalue weighted by Crippen LogP contribution is 2.44. The van der Waals surface area contributed by atoms with E-state index in [9.17, 15) is 39.5 Å². The second-order valence-electron chi connectivity index (χ2n) is 12.4. The van der Waals surface area contributed by atoms with Crippen LogP contribution < -0.4 is 9.47 Å². The van der Waals surface area contributed by atoms with Crippen LogP contribution in [0.3, 0.4) is 0 Å². The molecule has 0 saturated heterocycles. The van der Waals surface area contributed by atoms with E-state index in [1.54, 1.807) is 0 Å². The molecule has 0 radical (unpaired) electrons. The van der Waals surface area contributed by atoms with Crippen LogP contribution in [0.5, 0.6) is 11.5 Å². The normalized spacial score (nSPS) is 28.6. The highest BCUT2D eigenvalue weighted by atomic mass is 19.4. The van der Waals surface area contributed by atoms with E-state index >= 15 is 0 Å². The minimum atomic E-state index is -5.37. The Labute approximate surface area is 252 Å². The third-order valence-corrected chi connectivity index (χ3v) is 9.15. The first-order valence-electron chi connectivity index (χ1n) is 15.5. The molecule has 248 valence electrons. The molecule has 0 bridgehead atoms. The summed E-state index contributed by atoms with van der Waals surface area (Å²) in [6.07, 6.45) is -5.12. The Kier molecular flexibility index (Phi) is 11.3. The van der Waals surface area contributed by atoms with Gasteiger partial charge in [-0.3, -0.25) is 0 Å². The molecule has 0 aliphatic heterocycles. The molecule has 0 spiro atoms. The largest absolute Gasteiger partial charge is 0.573 e. The summed E-state index contributed by atoms with van der Waals surface area (Å²) in [5.74, 6) is -1.63. The van der Waals surface area contributed by atoms with Crippen molar-refractivity contribution in [2.24, 2.45) is 29.6 Å². The average Bonchev–Trinajstić information content (AvgIpc) is 2.94. The predicted octanol–water partition coefficient (Wildman–Crippen LogP) is 10.4. The molecule has 3 saturated carbocycles. The maximum Gasteiger partial charge on any atom is 0.573 e. The number of halogens is 9. The molecule has 4 rings (SSSR count). The van der Waals surface area contributed by atoms with Gasteiger partial charge in [0, 0.05) is 24.0 Å². The van der Waals surface area contributed by atoms with Gasteiger partial charge in [-0.05, 0) is 83.0 Å². The molecule has 3 nitrogen and oxygen atoms in total. The van der Waals surface area contributed by atoms with Crippen molar-refractivity contribution in [2.75, 3.05) is 0 Å². The van der Waals surface area contributed by atoms with Crippen molar-refractivity contribution in [2.45, 2.75) is 121 Å². The van der Waals surface area contributed by atoms with E-state index in [1.807, 2.05) is 0 Å². The zero-order valence-electron chi connectivity index (χ0n) is 24.6. The minimum Gasteiger partial charge on any atom is -0.432 e. The third kappa shape index (κ3) is 9.60. The van der Waals surface area contributed by atoms with Crippen LogP contribution in [0.1, 0.15) is 96.8 Å². The molecule has 3 fully saturated rings. The zero-order chi connectivity index (χ0) is 32.1. The lowest BCUT2D eigenvalue weighted by molar-refractivity contribution is -0.301. The first kappa shape index (κ1) is 34.6. The fourth-order valence-corrected chi connectivity index (χ4v) is 6.70. The van der Waals surface area contributed by atoms with Crippen molar-refractivity contribution in [3.8, 4) is 23.3 Å². The van der Waals surface area contributed by atoms with Crippen molar-refractivity contribution in [3.63, 3.8) is 0 Å². The summed E-state index contributed by atoms with van der Waals surface area (Å²) >= 11 is 0. The van der Waals surface area contributed by atoms with Crippen LogP contribution in [0.25, 0.3) is 0 Å². The van der Waals surface area contributed by atoms with Gasteiger partial charge in [0.05, 0.1) is 17.9 Å². The van der Waals surface area contributed by atoms with E-state index in [4.69, 9.17) is 4.74 Å². The highest BCUT2D eigenvalue weighted by molar-refractivity contribution is 5.35. The lowest BCUT2D eigenvalue weighted by Crippen LogP contribution is -2.39. The summed E-state index contributed by atoms with van der Waals surface area (Å²) in [5, 5.41) is 0. The molecule has 0 amide bonds. The molecule has 12 heteroatoms. The van der Waals surface area contributed by atoms with Gasteiger partial charge in [-0.25, -0.2) is 8.78 Å². The summed E-state index contributed by atoms with van der Waals surface area (Å²) in [5.41, 5.74) is 0. The third-order valence-electron chi connectivity index (χ3n) is 9.15. The van der Waals surface area contributed by atoms with Crippen LogP contribution >= 0.6 is 0 Å². The number of alkyl halides is 7. The molecule has 0 N–H and O–H groups in total. The fourth-order valence-electron chi connectivity index (χ4n) is 6.70. The Hall–Kier alpha value is -2.29. The number of rotatable bonds is 9. The van der Waals surface area contributed by atoms with Crippen LogP contribution in [0.15, 0.2) is 12.1 Å². The maximum atomic E-state index is 14.8. The van der Waals surface area contributed by atoms with Crippen molar-refractivity contribution in [3.05, 3.63) is 23.8 Å². The second-order valence-corrected chi connectivity index (χ2v) is 12.4. The van der Waals surface area contributed by atoms with Crippen LogP contribution in [-0.4, -0.2) is 24.7 Å². The topological polar surface area (TPSA) is 27.7 Å². The predicted molar refractivity (Wildman–Crippen MR) is 144 cm³/mol. The molecule has 44 heavy (non-hydrogen) atoms. The van der Waals surface area contributed by atoms with Gasteiger partial charge in [0.2, 0.25) is 5.75 Å². The Morgan fingerprint density at radius 3 is 1.64 bits per heavy atom. The van der Waals surface area contributed by atoms with Gasteiger partial charge < -0.3 is 14.2 Å². The van der Waals surface area contributed by atoms with Gasteiger partial charge in [-0.2, -0.15) is 17.6 Å². The van der Waals surface area contributed by atoms with E-state index in [-0.39, 0.29) is 36.8 Å². The molecular formula is C32H39F9O3. The van der Waals surface area contributed by atoms with Gasteiger partial charge >= 0.3 is 18.6 Å².